The molecule has 0 N–H and O–H groups in total. The lowest BCUT2D eigenvalue weighted by atomic mass is 10.1. The number of halogens is 1. The Balaban J connectivity index is 1.65. The number of thioether (sulfide) groups is 1. The largest absolute Gasteiger partial charge is 0.497 e. The normalized spacial score (nSPS) is 20.1. The lowest BCUT2D eigenvalue weighted by molar-refractivity contribution is -0.138. The third-order valence-electron chi connectivity index (χ3n) is 4.34. The van der Waals surface area contributed by atoms with E-state index in [4.69, 9.17) is 33.3 Å². The molecule has 1 amide bonds. The number of ether oxygens (including phenoxy) is 2. The fraction of sp³-hybridized carbons (Fsp3) is 0.278. The highest BCUT2D eigenvalue weighted by atomic mass is 35.5. The number of benzene rings is 1. The van der Waals surface area contributed by atoms with Crippen LogP contribution in [0.4, 0.5) is 0 Å². The minimum atomic E-state index is -0.141. The molecule has 3 heterocycles. The Morgan fingerprint density at radius 3 is 2.85 bits per heavy atom. The van der Waals surface area contributed by atoms with Crippen LogP contribution in [-0.2, 0) is 9.53 Å². The van der Waals surface area contributed by atoms with Gasteiger partial charge < -0.3 is 9.47 Å². The summed E-state index contributed by atoms with van der Waals surface area (Å²) >= 11 is 13.0. The standard InChI is InChI=1S/C18H16ClN3O3S2/c1-24-13-3-2-11-8-12(16(19)20-14(11)10-13)9-15-17(23)22(18(26)27-15)21-4-6-25-7-5-21/h2-3,8-10H,4-7H2,1H3/b15-9-. The van der Waals surface area contributed by atoms with Gasteiger partial charge in [-0.15, -0.1) is 0 Å². The highest BCUT2D eigenvalue weighted by molar-refractivity contribution is 8.26. The Bertz CT molecular complexity index is 960. The van der Waals surface area contributed by atoms with Crippen molar-refractivity contribution in [3.05, 3.63) is 39.9 Å². The highest BCUT2D eigenvalue weighted by Gasteiger charge is 2.37. The van der Waals surface area contributed by atoms with Crippen molar-refractivity contribution in [2.24, 2.45) is 0 Å². The summed E-state index contributed by atoms with van der Waals surface area (Å²) in [7, 11) is 1.60. The second kappa shape index (κ2) is 7.73. The molecule has 0 atom stereocenters. The Labute approximate surface area is 171 Å². The summed E-state index contributed by atoms with van der Waals surface area (Å²) in [6.45, 7) is 2.44. The predicted octanol–water partition coefficient (Wildman–Crippen LogP) is 3.35. The first-order chi connectivity index (χ1) is 13.1. The minimum Gasteiger partial charge on any atom is -0.497 e. The van der Waals surface area contributed by atoms with Crippen molar-refractivity contribution < 1.29 is 14.3 Å². The molecule has 27 heavy (non-hydrogen) atoms. The smallest absolute Gasteiger partial charge is 0.280 e. The topological polar surface area (TPSA) is 54.9 Å². The van der Waals surface area contributed by atoms with Crippen LogP contribution in [0.3, 0.4) is 0 Å². The van der Waals surface area contributed by atoms with Gasteiger partial charge in [-0.2, -0.15) is 0 Å². The van der Waals surface area contributed by atoms with Crippen LogP contribution >= 0.6 is 35.6 Å². The molecule has 2 fully saturated rings. The fourth-order valence-electron chi connectivity index (χ4n) is 2.97. The van der Waals surface area contributed by atoms with Crippen LogP contribution in [-0.4, -0.2) is 58.6 Å². The van der Waals surface area contributed by atoms with Gasteiger partial charge in [0.1, 0.15) is 10.9 Å². The van der Waals surface area contributed by atoms with Crippen molar-refractivity contribution in [2.75, 3.05) is 33.4 Å². The Morgan fingerprint density at radius 1 is 1.33 bits per heavy atom. The summed E-state index contributed by atoms with van der Waals surface area (Å²) in [5, 5.41) is 4.72. The number of carbonyl (C=O) groups excluding carboxylic acids is 1. The van der Waals surface area contributed by atoms with Crippen LogP contribution in [0.15, 0.2) is 29.2 Å². The number of nitrogens with zero attached hydrogens (tertiary/aromatic N) is 3. The zero-order chi connectivity index (χ0) is 19.0. The van der Waals surface area contributed by atoms with Gasteiger partial charge in [0.15, 0.2) is 4.32 Å². The van der Waals surface area contributed by atoms with Gasteiger partial charge in [-0.3, -0.25) is 4.79 Å². The molecular formula is C18H16ClN3O3S2. The number of thiocarbonyl (C=S) groups is 1. The molecule has 0 radical (unpaired) electrons. The van der Waals surface area contributed by atoms with E-state index in [2.05, 4.69) is 4.98 Å². The number of morpholine rings is 1. The number of pyridine rings is 1. The molecule has 9 heteroatoms. The Kier molecular flexibility index (Phi) is 5.34. The van der Waals surface area contributed by atoms with Crippen molar-refractivity contribution in [2.45, 2.75) is 0 Å². The molecule has 1 aromatic heterocycles. The van der Waals surface area contributed by atoms with E-state index in [-0.39, 0.29) is 5.91 Å². The average molecular weight is 422 g/mol. The van der Waals surface area contributed by atoms with Gasteiger partial charge in [0, 0.05) is 30.1 Å². The molecule has 0 bridgehead atoms. The number of amides is 1. The molecule has 0 unspecified atom stereocenters. The van der Waals surface area contributed by atoms with Crippen LogP contribution in [0, 0.1) is 0 Å². The maximum atomic E-state index is 12.9. The molecule has 2 aromatic rings. The summed E-state index contributed by atoms with van der Waals surface area (Å²) < 4.78 is 11.1. The third kappa shape index (κ3) is 3.68. The van der Waals surface area contributed by atoms with E-state index in [1.807, 2.05) is 29.3 Å². The third-order valence-corrected chi connectivity index (χ3v) is 5.92. The summed E-state index contributed by atoms with van der Waals surface area (Å²) in [6.07, 6.45) is 1.75. The van der Waals surface area contributed by atoms with E-state index >= 15 is 0 Å². The number of hydrogen-bond acceptors (Lipinski definition) is 7. The van der Waals surface area contributed by atoms with Crippen LogP contribution < -0.4 is 4.74 Å². The maximum absolute atomic E-state index is 12.9. The molecule has 2 aliphatic rings. The van der Waals surface area contributed by atoms with Crippen LogP contribution in [0.5, 0.6) is 5.75 Å². The van der Waals surface area contributed by atoms with Crippen molar-refractivity contribution >= 4 is 62.8 Å². The number of carbonyl (C=O) groups is 1. The quantitative estimate of drug-likeness (QED) is 0.428. The molecule has 4 rings (SSSR count). The summed E-state index contributed by atoms with van der Waals surface area (Å²) in [5.41, 5.74) is 1.41. The zero-order valence-corrected chi connectivity index (χ0v) is 16.9. The Morgan fingerprint density at radius 2 is 2.11 bits per heavy atom. The predicted molar refractivity (Wildman–Crippen MR) is 111 cm³/mol. The van der Waals surface area contributed by atoms with Gasteiger partial charge in [-0.05, 0) is 24.3 Å². The summed E-state index contributed by atoms with van der Waals surface area (Å²) in [5.74, 6) is 0.572. The molecule has 140 valence electrons. The van der Waals surface area contributed by atoms with Crippen LogP contribution in [0.25, 0.3) is 17.0 Å². The van der Waals surface area contributed by atoms with Gasteiger partial charge in [0.2, 0.25) is 0 Å². The summed E-state index contributed by atoms with van der Waals surface area (Å²) in [4.78, 5) is 17.8. The number of hydrazine groups is 1. The first-order valence-electron chi connectivity index (χ1n) is 8.31. The zero-order valence-electron chi connectivity index (χ0n) is 14.5. The fourth-order valence-corrected chi connectivity index (χ4v) is 4.47. The first kappa shape index (κ1) is 18.6. The lowest BCUT2D eigenvalue weighted by Crippen LogP contribution is -2.50. The second-order valence-corrected chi connectivity index (χ2v) is 8.02. The number of hydrogen-bond donors (Lipinski definition) is 0. The number of fused-ring (bicyclic) bond motifs is 1. The molecule has 0 saturated carbocycles. The van der Waals surface area contributed by atoms with E-state index < -0.39 is 0 Å². The van der Waals surface area contributed by atoms with Crippen LogP contribution in [0.1, 0.15) is 5.56 Å². The van der Waals surface area contributed by atoms with Gasteiger partial charge >= 0.3 is 0 Å². The number of methoxy groups -OCH3 is 1. The van der Waals surface area contributed by atoms with E-state index in [9.17, 15) is 4.79 Å². The van der Waals surface area contributed by atoms with Crippen LogP contribution in [0.2, 0.25) is 5.15 Å². The molecule has 0 aliphatic carbocycles. The average Bonchev–Trinajstić information content (AvgIpc) is 2.96. The lowest BCUT2D eigenvalue weighted by Gasteiger charge is -2.33. The minimum absolute atomic E-state index is 0.141. The van der Waals surface area contributed by atoms with Gasteiger partial charge in [-0.25, -0.2) is 15.0 Å². The van der Waals surface area contributed by atoms with Crippen molar-refractivity contribution in [1.29, 1.82) is 0 Å². The SMILES string of the molecule is COc1ccc2cc(/C=C3\SC(=S)N(N4CCOCC4)C3=O)c(Cl)nc2c1. The molecule has 2 aliphatic heterocycles. The summed E-state index contributed by atoms with van der Waals surface area (Å²) in [6, 6.07) is 7.50. The van der Waals surface area contributed by atoms with E-state index in [1.54, 1.807) is 18.2 Å². The van der Waals surface area contributed by atoms with Crippen molar-refractivity contribution in [3.8, 4) is 5.75 Å². The molecule has 2 saturated heterocycles. The second-order valence-electron chi connectivity index (χ2n) is 5.99. The number of rotatable bonds is 3. The van der Waals surface area contributed by atoms with E-state index in [0.29, 0.717) is 52.0 Å². The van der Waals surface area contributed by atoms with E-state index in [0.717, 1.165) is 10.9 Å². The molecule has 6 nitrogen and oxygen atoms in total. The van der Waals surface area contributed by atoms with Gasteiger partial charge in [0.25, 0.3) is 5.91 Å². The first-order valence-corrected chi connectivity index (χ1v) is 9.92. The maximum Gasteiger partial charge on any atom is 0.280 e. The monoisotopic (exact) mass is 421 g/mol. The van der Waals surface area contributed by atoms with Crippen molar-refractivity contribution in [1.82, 2.24) is 15.0 Å². The van der Waals surface area contributed by atoms with Gasteiger partial charge in [-0.1, -0.05) is 35.6 Å². The molecule has 0 spiro atoms. The van der Waals surface area contributed by atoms with Gasteiger partial charge in [0.05, 0.1) is 30.7 Å². The molecule has 1 aromatic carbocycles. The van der Waals surface area contributed by atoms with Crippen molar-refractivity contribution in [3.63, 3.8) is 0 Å². The Hall–Kier alpha value is -1.71. The number of aromatic nitrogens is 1. The molecular weight excluding hydrogens is 406 g/mol. The van der Waals surface area contributed by atoms with E-state index in [1.165, 1.54) is 11.8 Å². The highest BCUT2D eigenvalue weighted by Crippen LogP contribution is 2.35.